The zero-order valence-electron chi connectivity index (χ0n) is 25.0. The number of ether oxygens (including phenoxy) is 3. The third-order valence-corrected chi connectivity index (χ3v) is 8.42. The van der Waals surface area contributed by atoms with Gasteiger partial charge in [0.05, 0.1) is 36.4 Å². The molecule has 1 heterocycles. The summed E-state index contributed by atoms with van der Waals surface area (Å²) >= 11 is 0. The molecule has 1 saturated carbocycles. The van der Waals surface area contributed by atoms with E-state index in [0.29, 0.717) is 38.6 Å². The number of azide groups is 2. The molecular formula is C31H39N7O6. The Hall–Kier alpha value is -4.28. The first-order valence-corrected chi connectivity index (χ1v) is 15.0. The van der Waals surface area contributed by atoms with E-state index in [2.05, 4.69) is 20.1 Å². The second-order valence-corrected chi connectivity index (χ2v) is 11.2. The number of esters is 1. The van der Waals surface area contributed by atoms with Crippen LogP contribution in [0.25, 0.3) is 20.9 Å². The molecule has 2 aromatic rings. The van der Waals surface area contributed by atoms with Crippen LogP contribution in [0.1, 0.15) is 57.1 Å². The molecule has 1 saturated heterocycles. The second-order valence-electron chi connectivity index (χ2n) is 11.2. The third-order valence-electron chi connectivity index (χ3n) is 8.42. The van der Waals surface area contributed by atoms with Crippen LogP contribution in [0.5, 0.6) is 0 Å². The first-order valence-electron chi connectivity index (χ1n) is 15.0. The van der Waals surface area contributed by atoms with Crippen molar-refractivity contribution < 1.29 is 28.9 Å². The van der Waals surface area contributed by atoms with E-state index in [4.69, 9.17) is 19.7 Å². The highest BCUT2D eigenvalue weighted by Gasteiger charge is 2.49. The zero-order chi connectivity index (χ0) is 31.5. The molecule has 2 aliphatic rings. The van der Waals surface area contributed by atoms with Crippen LogP contribution >= 0.6 is 0 Å². The average molecular weight is 606 g/mol. The van der Waals surface area contributed by atoms with Crippen molar-refractivity contribution in [1.29, 1.82) is 0 Å². The number of hydrogen-bond acceptors (Lipinski definition) is 8. The molecule has 4 rings (SSSR count). The Balaban J connectivity index is 1.60. The quantitative estimate of drug-likeness (QED) is 0.137. The molecule has 0 aromatic heterocycles. The standard InChI is InChI=1S/C31H39N7O6/c1-3-26(38(18-21-10-6-4-7-11-21)31(41)42-19-22-12-8-5-9-13-22)27-17-16-24(34-36-32)29(44-27)23-14-15-25(35-37-33)30(28(23)40)43-20(2)39/h4-13,23-30,40H,3,14-19H2,1-2H3/t23?,24?,25?,26-,27-,28-,29+,30-/m0/s1. The Morgan fingerprint density at radius 3 is 2.20 bits per heavy atom. The van der Waals surface area contributed by atoms with Crippen molar-refractivity contribution in [3.8, 4) is 0 Å². The van der Waals surface area contributed by atoms with Crippen LogP contribution < -0.4 is 0 Å². The maximum Gasteiger partial charge on any atom is 0.410 e. The lowest BCUT2D eigenvalue weighted by Gasteiger charge is -2.47. The predicted molar refractivity (Wildman–Crippen MR) is 161 cm³/mol. The van der Waals surface area contributed by atoms with Gasteiger partial charge >= 0.3 is 12.1 Å². The Bertz CT molecular complexity index is 1340. The summed E-state index contributed by atoms with van der Waals surface area (Å²) in [6, 6.07) is 17.4. The third kappa shape index (κ3) is 8.21. The summed E-state index contributed by atoms with van der Waals surface area (Å²) in [5.74, 6) is -1.19. The molecule has 13 heteroatoms. The number of rotatable bonds is 11. The van der Waals surface area contributed by atoms with Gasteiger partial charge in [-0.05, 0) is 54.3 Å². The highest BCUT2D eigenvalue weighted by Crippen LogP contribution is 2.39. The number of nitrogens with zero attached hydrogens (tertiary/aromatic N) is 7. The highest BCUT2D eigenvalue weighted by molar-refractivity contribution is 5.68. The van der Waals surface area contributed by atoms with Crippen LogP contribution in [-0.2, 0) is 32.2 Å². The van der Waals surface area contributed by atoms with Gasteiger partial charge in [-0.3, -0.25) is 9.69 Å². The van der Waals surface area contributed by atoms with Crippen LogP contribution in [-0.4, -0.2) is 64.6 Å². The molecular weight excluding hydrogens is 566 g/mol. The van der Waals surface area contributed by atoms with Gasteiger partial charge in [-0.1, -0.05) is 77.8 Å². The van der Waals surface area contributed by atoms with E-state index in [0.717, 1.165) is 11.1 Å². The van der Waals surface area contributed by atoms with Gasteiger partial charge in [0.2, 0.25) is 0 Å². The second kappa shape index (κ2) is 16.0. The first-order chi connectivity index (χ1) is 21.4. The molecule has 0 bridgehead atoms. The summed E-state index contributed by atoms with van der Waals surface area (Å²) in [5, 5.41) is 19.1. The van der Waals surface area contributed by atoms with E-state index in [1.807, 2.05) is 67.6 Å². The molecule has 8 atom stereocenters. The zero-order valence-corrected chi connectivity index (χ0v) is 25.0. The van der Waals surface area contributed by atoms with Crippen molar-refractivity contribution in [2.75, 3.05) is 0 Å². The number of aliphatic hydroxyl groups excluding tert-OH is 1. The Morgan fingerprint density at radius 2 is 1.59 bits per heavy atom. The molecule has 3 unspecified atom stereocenters. The fourth-order valence-electron chi connectivity index (χ4n) is 6.36. The van der Waals surface area contributed by atoms with E-state index < -0.39 is 60.5 Å². The van der Waals surface area contributed by atoms with Crippen LogP contribution in [0, 0.1) is 5.92 Å². The van der Waals surface area contributed by atoms with Crippen molar-refractivity contribution in [3.63, 3.8) is 0 Å². The van der Waals surface area contributed by atoms with E-state index in [1.54, 1.807) is 4.90 Å². The van der Waals surface area contributed by atoms with Gasteiger partial charge in [-0.15, -0.1) is 0 Å². The minimum absolute atomic E-state index is 0.118. The monoisotopic (exact) mass is 605 g/mol. The highest BCUT2D eigenvalue weighted by atomic mass is 16.6. The summed E-state index contributed by atoms with van der Waals surface area (Å²) in [4.78, 5) is 33.1. The Morgan fingerprint density at radius 1 is 0.977 bits per heavy atom. The summed E-state index contributed by atoms with van der Waals surface area (Å²) in [6.45, 7) is 3.61. The minimum atomic E-state index is -1.22. The number of benzene rings is 2. The molecule has 44 heavy (non-hydrogen) atoms. The SMILES string of the molecule is CC[C@@H]([C@@H]1CCC(N=[N+]=[N-])[C@@H](C2CCC(N=[N+]=[N-])[C@H](OC(C)=O)[C@H]2O)O1)N(Cc1ccccc1)C(=O)OCc1ccccc1. The average Bonchev–Trinajstić information content (AvgIpc) is 3.03. The topological polar surface area (TPSA) is 183 Å². The fourth-order valence-corrected chi connectivity index (χ4v) is 6.36. The molecule has 1 aliphatic heterocycles. The summed E-state index contributed by atoms with van der Waals surface area (Å²) in [7, 11) is 0. The largest absolute Gasteiger partial charge is 0.459 e. The molecule has 1 N–H and O–H groups in total. The predicted octanol–water partition coefficient (Wildman–Crippen LogP) is 6.21. The number of carbonyl (C=O) groups excluding carboxylic acids is 2. The van der Waals surface area contributed by atoms with E-state index >= 15 is 0 Å². The molecule has 2 fully saturated rings. The van der Waals surface area contributed by atoms with Crippen LogP contribution in [0.15, 0.2) is 70.9 Å². The molecule has 0 spiro atoms. The lowest BCUT2D eigenvalue weighted by atomic mass is 9.75. The van der Waals surface area contributed by atoms with Crippen LogP contribution in [0.4, 0.5) is 4.79 Å². The molecule has 0 radical (unpaired) electrons. The minimum Gasteiger partial charge on any atom is -0.459 e. The number of carbonyl (C=O) groups is 2. The van der Waals surface area contributed by atoms with Crippen molar-refractivity contribution in [1.82, 2.24) is 4.90 Å². The van der Waals surface area contributed by atoms with Crippen molar-refractivity contribution in [2.45, 2.75) is 102 Å². The van der Waals surface area contributed by atoms with Crippen molar-refractivity contribution in [2.24, 2.45) is 16.1 Å². The molecule has 13 nitrogen and oxygen atoms in total. The molecule has 1 amide bonds. The maximum atomic E-state index is 13.7. The smallest absolute Gasteiger partial charge is 0.410 e. The Labute approximate surface area is 256 Å². The van der Waals surface area contributed by atoms with Gasteiger partial charge in [0.25, 0.3) is 0 Å². The molecule has 2 aromatic carbocycles. The van der Waals surface area contributed by atoms with Crippen molar-refractivity contribution in [3.05, 3.63) is 92.7 Å². The van der Waals surface area contributed by atoms with E-state index in [1.165, 1.54) is 6.92 Å². The van der Waals surface area contributed by atoms with Crippen LogP contribution in [0.2, 0.25) is 0 Å². The van der Waals surface area contributed by atoms with Gasteiger partial charge in [0.15, 0.2) is 0 Å². The normalized spacial score (nSPS) is 27.1. The van der Waals surface area contributed by atoms with Crippen LogP contribution in [0.3, 0.4) is 0 Å². The van der Waals surface area contributed by atoms with Gasteiger partial charge in [0.1, 0.15) is 12.7 Å². The van der Waals surface area contributed by atoms with Gasteiger partial charge in [-0.25, -0.2) is 4.79 Å². The maximum absolute atomic E-state index is 13.7. The molecule has 1 aliphatic carbocycles. The lowest BCUT2D eigenvalue weighted by Crippen LogP contribution is -2.58. The fraction of sp³-hybridized carbons (Fsp3) is 0.548. The lowest BCUT2D eigenvalue weighted by molar-refractivity contribution is -0.179. The van der Waals surface area contributed by atoms with E-state index in [9.17, 15) is 20.2 Å². The van der Waals surface area contributed by atoms with E-state index in [-0.39, 0.29) is 6.61 Å². The van der Waals surface area contributed by atoms with Gasteiger partial charge < -0.3 is 19.3 Å². The summed E-state index contributed by atoms with van der Waals surface area (Å²) < 4.78 is 17.9. The Kier molecular flexibility index (Phi) is 11.8. The summed E-state index contributed by atoms with van der Waals surface area (Å²) in [5.41, 5.74) is 20.2. The summed E-state index contributed by atoms with van der Waals surface area (Å²) in [6.07, 6.45) is -1.69. The number of aliphatic hydroxyl groups is 1. The van der Waals surface area contributed by atoms with Gasteiger partial charge in [-0.2, -0.15) is 0 Å². The number of amides is 1. The van der Waals surface area contributed by atoms with Crippen molar-refractivity contribution >= 4 is 12.1 Å². The number of hydrogen-bond donors (Lipinski definition) is 1. The van der Waals surface area contributed by atoms with Gasteiger partial charge in [0, 0.05) is 29.2 Å². The first kappa shape index (κ1) is 32.6. The molecule has 234 valence electrons.